The first-order valence-electron chi connectivity index (χ1n) is 7.54. The van der Waals surface area contributed by atoms with Gasteiger partial charge in [0.25, 0.3) is 5.60 Å². The van der Waals surface area contributed by atoms with Gasteiger partial charge in [-0.3, -0.25) is 0 Å². The van der Waals surface area contributed by atoms with Crippen molar-refractivity contribution >= 4 is 0 Å². The second-order valence-corrected chi connectivity index (χ2v) is 6.92. The Labute approximate surface area is 136 Å². The highest BCUT2D eigenvalue weighted by Gasteiger charge is 2.70. The van der Waals surface area contributed by atoms with E-state index in [1.165, 1.54) is 6.08 Å². The lowest BCUT2D eigenvalue weighted by atomic mass is 9.72. The van der Waals surface area contributed by atoms with Gasteiger partial charge in [0.2, 0.25) is 0 Å². The van der Waals surface area contributed by atoms with Gasteiger partial charge in [0, 0.05) is 6.42 Å². The van der Waals surface area contributed by atoms with Crippen LogP contribution in [0.3, 0.4) is 0 Å². The smallest absolute Gasteiger partial charge is 0.389 e. The molecule has 0 spiro atoms. The van der Waals surface area contributed by atoms with Crippen LogP contribution < -0.4 is 0 Å². The summed E-state index contributed by atoms with van der Waals surface area (Å²) >= 11 is 0. The maximum Gasteiger partial charge on any atom is 0.426 e. The van der Waals surface area contributed by atoms with Crippen LogP contribution >= 0.6 is 0 Å². The van der Waals surface area contributed by atoms with E-state index in [0.29, 0.717) is 0 Å². The molecule has 0 fully saturated rings. The summed E-state index contributed by atoms with van der Waals surface area (Å²) in [7, 11) is 0. The molecule has 0 amide bonds. The Bertz CT molecular complexity index is 500. The molecule has 0 aromatic rings. The zero-order valence-corrected chi connectivity index (χ0v) is 13.7. The third kappa shape index (κ3) is 4.33. The average Bonchev–Trinajstić information content (AvgIpc) is 2.34. The minimum atomic E-state index is -5.93. The van der Waals surface area contributed by atoms with Gasteiger partial charge in [-0.15, -0.1) is 0 Å². The topological polar surface area (TPSA) is 40.5 Å². The molecule has 1 atom stereocenters. The molecule has 2 N–H and O–H groups in total. The van der Waals surface area contributed by atoms with Crippen LogP contribution in [0.2, 0.25) is 0 Å². The first-order chi connectivity index (χ1) is 10.6. The van der Waals surface area contributed by atoms with E-state index in [0.717, 1.165) is 36.5 Å². The molecule has 2 nitrogen and oxygen atoms in total. The van der Waals surface area contributed by atoms with E-state index < -0.39 is 30.5 Å². The Kier molecular flexibility index (Phi) is 5.88. The Hall–Kier alpha value is -1.02. The summed E-state index contributed by atoms with van der Waals surface area (Å²) in [6.45, 7) is 5.68. The second-order valence-electron chi connectivity index (χ2n) is 6.92. The molecule has 140 valence electrons. The lowest BCUT2D eigenvalue weighted by Crippen LogP contribution is -2.58. The van der Waals surface area contributed by atoms with Crippen LogP contribution in [0.4, 0.5) is 26.3 Å². The Morgan fingerprint density at radius 3 is 2.04 bits per heavy atom. The first-order valence-corrected chi connectivity index (χ1v) is 7.54. The number of aliphatic hydroxyl groups is 2. The minimum absolute atomic E-state index is 0.275. The minimum Gasteiger partial charge on any atom is -0.389 e. The Morgan fingerprint density at radius 2 is 1.62 bits per heavy atom. The molecular weight excluding hydrogens is 338 g/mol. The van der Waals surface area contributed by atoms with Gasteiger partial charge in [0.05, 0.1) is 6.10 Å². The predicted octanol–water partition coefficient (Wildman–Crippen LogP) is 4.68. The fourth-order valence-electron chi connectivity index (χ4n) is 2.98. The van der Waals surface area contributed by atoms with Gasteiger partial charge in [0.1, 0.15) is 0 Å². The van der Waals surface area contributed by atoms with E-state index in [1.54, 1.807) is 0 Å². The summed E-state index contributed by atoms with van der Waals surface area (Å²) < 4.78 is 75.8. The van der Waals surface area contributed by atoms with Crippen molar-refractivity contribution in [2.75, 3.05) is 0 Å². The molecule has 0 bridgehead atoms. The van der Waals surface area contributed by atoms with Crippen molar-refractivity contribution in [1.29, 1.82) is 0 Å². The largest absolute Gasteiger partial charge is 0.426 e. The average molecular weight is 360 g/mol. The van der Waals surface area contributed by atoms with Gasteiger partial charge < -0.3 is 10.2 Å². The standard InChI is InChI=1S/C16H22F6O2/c1-10-5-4-8-13(2,3)12(10)7-6-11(23)9-14(24,15(17,18)19)16(20,21)22/h6-7,11,23-24H,4-5,8-9H2,1-3H3/b7-6+/t11-/m1/s1. The summed E-state index contributed by atoms with van der Waals surface area (Å²) in [4.78, 5) is 0. The fraction of sp³-hybridized carbons (Fsp3) is 0.750. The van der Waals surface area contributed by atoms with Crippen LogP contribution in [0.15, 0.2) is 23.3 Å². The molecular formula is C16H22F6O2. The molecule has 0 unspecified atom stereocenters. The zero-order valence-electron chi connectivity index (χ0n) is 13.7. The summed E-state index contributed by atoms with van der Waals surface area (Å²) in [5, 5.41) is 18.7. The van der Waals surface area contributed by atoms with Crippen molar-refractivity contribution in [2.45, 2.75) is 70.5 Å². The normalized spacial score (nSPS) is 21.5. The van der Waals surface area contributed by atoms with Crippen LogP contribution in [0.5, 0.6) is 0 Å². The predicted molar refractivity (Wildman–Crippen MR) is 77.2 cm³/mol. The number of hydrogen-bond donors (Lipinski definition) is 2. The maximum atomic E-state index is 12.6. The Balaban J connectivity index is 3.01. The molecule has 0 aromatic carbocycles. The number of halogens is 6. The highest BCUT2D eigenvalue weighted by atomic mass is 19.4. The van der Waals surface area contributed by atoms with Gasteiger partial charge in [-0.1, -0.05) is 31.6 Å². The van der Waals surface area contributed by atoms with Crippen LogP contribution in [0.25, 0.3) is 0 Å². The SMILES string of the molecule is CC1=C(/C=C/[C@@H](O)CC(O)(C(F)(F)F)C(F)(F)F)C(C)(C)CCC1. The number of allylic oxidation sites excluding steroid dienone is 3. The molecule has 0 aromatic heterocycles. The molecule has 24 heavy (non-hydrogen) atoms. The number of hydrogen-bond acceptors (Lipinski definition) is 2. The van der Waals surface area contributed by atoms with Gasteiger partial charge in [-0.25, -0.2) is 0 Å². The maximum absolute atomic E-state index is 12.6. The van der Waals surface area contributed by atoms with E-state index in [-0.39, 0.29) is 5.41 Å². The lowest BCUT2D eigenvalue weighted by Gasteiger charge is -2.34. The Morgan fingerprint density at radius 1 is 1.12 bits per heavy atom. The van der Waals surface area contributed by atoms with E-state index in [1.807, 2.05) is 20.8 Å². The molecule has 0 saturated carbocycles. The lowest BCUT2D eigenvalue weighted by molar-refractivity contribution is -0.373. The van der Waals surface area contributed by atoms with Crippen molar-refractivity contribution in [3.63, 3.8) is 0 Å². The van der Waals surface area contributed by atoms with Crippen molar-refractivity contribution in [2.24, 2.45) is 5.41 Å². The zero-order chi connectivity index (χ0) is 19.0. The van der Waals surface area contributed by atoms with E-state index in [9.17, 15) is 31.4 Å². The molecule has 0 aliphatic heterocycles. The summed E-state index contributed by atoms with van der Waals surface area (Å²) in [6, 6.07) is 0. The van der Waals surface area contributed by atoms with Crippen molar-refractivity contribution in [1.82, 2.24) is 0 Å². The first kappa shape index (κ1) is 21.0. The summed E-state index contributed by atoms with van der Waals surface area (Å²) in [6.07, 6.45) is -11.0. The van der Waals surface area contributed by atoms with Gasteiger partial charge in [0.15, 0.2) is 0 Å². The highest BCUT2D eigenvalue weighted by molar-refractivity contribution is 5.33. The monoisotopic (exact) mass is 360 g/mol. The van der Waals surface area contributed by atoms with Gasteiger partial charge >= 0.3 is 12.4 Å². The van der Waals surface area contributed by atoms with Crippen molar-refractivity contribution in [3.8, 4) is 0 Å². The summed E-state index contributed by atoms with van der Waals surface area (Å²) in [5.41, 5.74) is -3.45. The summed E-state index contributed by atoms with van der Waals surface area (Å²) in [5.74, 6) is 0. The molecule has 0 saturated heterocycles. The number of rotatable bonds is 4. The molecule has 0 radical (unpaired) electrons. The van der Waals surface area contributed by atoms with Crippen LogP contribution in [-0.2, 0) is 0 Å². The molecule has 1 aliphatic carbocycles. The van der Waals surface area contributed by atoms with E-state index in [2.05, 4.69) is 0 Å². The molecule has 8 heteroatoms. The van der Waals surface area contributed by atoms with Crippen molar-refractivity contribution in [3.05, 3.63) is 23.3 Å². The third-order valence-electron chi connectivity index (χ3n) is 4.47. The van der Waals surface area contributed by atoms with Crippen LogP contribution in [-0.4, -0.2) is 34.3 Å². The van der Waals surface area contributed by atoms with Crippen LogP contribution in [0.1, 0.15) is 46.5 Å². The van der Waals surface area contributed by atoms with E-state index >= 15 is 0 Å². The highest BCUT2D eigenvalue weighted by Crippen LogP contribution is 2.46. The van der Waals surface area contributed by atoms with Crippen molar-refractivity contribution < 1.29 is 36.6 Å². The fourth-order valence-corrected chi connectivity index (χ4v) is 2.98. The quantitative estimate of drug-likeness (QED) is 0.715. The number of aliphatic hydroxyl groups excluding tert-OH is 1. The van der Waals surface area contributed by atoms with Crippen LogP contribution in [0, 0.1) is 5.41 Å². The third-order valence-corrected chi connectivity index (χ3v) is 4.47. The molecule has 1 aliphatic rings. The van der Waals surface area contributed by atoms with E-state index in [4.69, 9.17) is 5.11 Å². The van der Waals surface area contributed by atoms with Gasteiger partial charge in [-0.05, 0) is 37.2 Å². The second kappa shape index (κ2) is 6.71. The number of alkyl halides is 6. The molecule has 0 heterocycles. The molecule has 1 rings (SSSR count). The van der Waals surface area contributed by atoms with Gasteiger partial charge in [-0.2, -0.15) is 26.3 Å².